The molecule has 7 nitrogen and oxygen atoms in total. The highest BCUT2D eigenvalue weighted by atomic mass is 35.5. The van der Waals surface area contributed by atoms with Gasteiger partial charge in [-0.3, -0.25) is 9.59 Å². The molecule has 0 unspecified atom stereocenters. The average Bonchev–Trinajstić information content (AvgIpc) is 3.08. The van der Waals surface area contributed by atoms with Crippen molar-refractivity contribution in [2.75, 3.05) is 23.4 Å². The average molecular weight is 408 g/mol. The molecule has 0 radical (unpaired) electrons. The molecule has 1 fully saturated rings. The number of aromatic nitrogens is 1. The van der Waals surface area contributed by atoms with E-state index >= 15 is 0 Å². The minimum absolute atomic E-state index is 0.0462. The smallest absolute Gasteiger partial charge is 0.338 e. The molecule has 1 aromatic carbocycles. The maximum atomic E-state index is 12.2. The van der Waals surface area contributed by atoms with Crippen LogP contribution in [0.4, 0.5) is 11.4 Å². The Kier molecular flexibility index (Phi) is 5.93. The second-order valence-corrected chi connectivity index (χ2v) is 6.55. The first-order chi connectivity index (χ1) is 13.0. The summed E-state index contributed by atoms with van der Waals surface area (Å²) in [7, 11) is 0. The van der Waals surface area contributed by atoms with E-state index in [0.717, 1.165) is 6.42 Å². The maximum Gasteiger partial charge on any atom is 0.338 e. The Hall–Kier alpha value is -2.64. The molecule has 0 bridgehead atoms. The first-order valence-electron chi connectivity index (χ1n) is 8.13. The van der Waals surface area contributed by atoms with Gasteiger partial charge in [0.25, 0.3) is 5.91 Å². The number of carbonyl (C=O) groups is 3. The van der Waals surface area contributed by atoms with E-state index < -0.39 is 18.5 Å². The molecule has 0 atom stereocenters. The zero-order valence-corrected chi connectivity index (χ0v) is 15.6. The largest absolute Gasteiger partial charge is 0.452 e. The molecule has 27 heavy (non-hydrogen) atoms. The van der Waals surface area contributed by atoms with E-state index in [1.165, 1.54) is 29.3 Å². The first-order valence-corrected chi connectivity index (χ1v) is 8.88. The quantitative estimate of drug-likeness (QED) is 0.606. The van der Waals surface area contributed by atoms with Gasteiger partial charge >= 0.3 is 5.97 Å². The SMILES string of the molecule is O=C(COC(=O)c1ccc(Cl)c(N2CCCC2=O)c1)Nc1cccnc1Cl. The number of carbonyl (C=O) groups excluding carboxylic acids is 3. The van der Waals surface area contributed by atoms with Gasteiger partial charge in [-0.2, -0.15) is 0 Å². The number of esters is 1. The summed E-state index contributed by atoms with van der Waals surface area (Å²) in [5.41, 5.74) is 0.975. The Morgan fingerprint density at radius 3 is 2.78 bits per heavy atom. The number of nitrogens with one attached hydrogen (secondary N) is 1. The highest BCUT2D eigenvalue weighted by Gasteiger charge is 2.24. The molecule has 1 N–H and O–H groups in total. The summed E-state index contributed by atoms with van der Waals surface area (Å²) in [5, 5.41) is 3.00. The normalized spacial score (nSPS) is 13.6. The van der Waals surface area contributed by atoms with Crippen LogP contribution in [0.25, 0.3) is 0 Å². The molecule has 2 amide bonds. The number of ether oxygens (including phenoxy) is 1. The number of hydrogen-bond donors (Lipinski definition) is 1. The number of rotatable bonds is 5. The van der Waals surface area contributed by atoms with Crippen LogP contribution in [0.15, 0.2) is 36.5 Å². The van der Waals surface area contributed by atoms with E-state index in [1.807, 2.05) is 0 Å². The molecule has 1 aliphatic heterocycles. The Labute approximate surface area is 165 Å². The van der Waals surface area contributed by atoms with Crippen molar-refractivity contribution < 1.29 is 19.1 Å². The number of nitrogens with zero attached hydrogens (tertiary/aromatic N) is 2. The number of halogens is 2. The molecule has 2 heterocycles. The van der Waals surface area contributed by atoms with Crippen molar-refractivity contribution in [3.05, 3.63) is 52.3 Å². The van der Waals surface area contributed by atoms with Crippen LogP contribution in [-0.2, 0) is 14.3 Å². The van der Waals surface area contributed by atoms with E-state index in [4.69, 9.17) is 27.9 Å². The van der Waals surface area contributed by atoms with Crippen molar-refractivity contribution in [2.24, 2.45) is 0 Å². The molecule has 0 aliphatic carbocycles. The maximum absolute atomic E-state index is 12.2. The lowest BCUT2D eigenvalue weighted by molar-refractivity contribution is -0.119. The highest BCUT2D eigenvalue weighted by molar-refractivity contribution is 6.34. The van der Waals surface area contributed by atoms with Gasteiger partial charge in [-0.05, 0) is 36.8 Å². The Bertz CT molecular complexity index is 904. The van der Waals surface area contributed by atoms with Crippen molar-refractivity contribution >= 4 is 52.4 Å². The standard InChI is InChI=1S/C18H15Cl2N3O4/c19-12-6-5-11(9-14(12)23-8-2-4-16(23)25)18(26)27-10-15(24)22-13-3-1-7-21-17(13)20/h1,3,5-7,9H,2,4,8,10H2,(H,22,24). The zero-order valence-electron chi connectivity index (χ0n) is 14.1. The fraction of sp³-hybridized carbons (Fsp3) is 0.222. The summed E-state index contributed by atoms with van der Waals surface area (Å²) in [6.07, 6.45) is 2.67. The van der Waals surface area contributed by atoms with Gasteiger partial charge in [0.2, 0.25) is 5.91 Å². The van der Waals surface area contributed by atoms with Crippen LogP contribution in [0.3, 0.4) is 0 Å². The number of hydrogen-bond acceptors (Lipinski definition) is 5. The molecule has 0 spiro atoms. The fourth-order valence-electron chi connectivity index (χ4n) is 2.63. The zero-order chi connectivity index (χ0) is 19.4. The van der Waals surface area contributed by atoms with Gasteiger partial charge < -0.3 is 15.0 Å². The van der Waals surface area contributed by atoms with E-state index in [0.29, 0.717) is 29.4 Å². The molecule has 3 rings (SSSR count). The van der Waals surface area contributed by atoms with Crippen LogP contribution < -0.4 is 10.2 Å². The minimum atomic E-state index is -0.702. The number of amides is 2. The van der Waals surface area contributed by atoms with Crippen molar-refractivity contribution in [3.63, 3.8) is 0 Å². The van der Waals surface area contributed by atoms with Gasteiger partial charge in [-0.25, -0.2) is 9.78 Å². The molecular weight excluding hydrogens is 393 g/mol. The molecule has 1 saturated heterocycles. The number of anilines is 2. The van der Waals surface area contributed by atoms with Crippen LogP contribution in [0.1, 0.15) is 23.2 Å². The Balaban J connectivity index is 1.63. The minimum Gasteiger partial charge on any atom is -0.452 e. The predicted octanol–water partition coefficient (Wildman–Crippen LogP) is 3.31. The van der Waals surface area contributed by atoms with Crippen molar-refractivity contribution in [1.29, 1.82) is 0 Å². The van der Waals surface area contributed by atoms with Crippen molar-refractivity contribution in [3.8, 4) is 0 Å². The second kappa shape index (κ2) is 8.37. The lowest BCUT2D eigenvalue weighted by atomic mass is 10.2. The number of pyridine rings is 1. The van der Waals surface area contributed by atoms with Gasteiger partial charge in [0.05, 0.1) is 22.0 Å². The summed E-state index contributed by atoms with van der Waals surface area (Å²) < 4.78 is 5.03. The fourth-order valence-corrected chi connectivity index (χ4v) is 3.02. The third-order valence-electron chi connectivity index (χ3n) is 3.91. The highest BCUT2D eigenvalue weighted by Crippen LogP contribution is 2.30. The molecule has 140 valence electrons. The van der Waals surface area contributed by atoms with Gasteiger partial charge in [0, 0.05) is 19.2 Å². The van der Waals surface area contributed by atoms with Crippen molar-refractivity contribution in [1.82, 2.24) is 4.98 Å². The Morgan fingerprint density at radius 1 is 1.26 bits per heavy atom. The molecule has 9 heteroatoms. The van der Waals surface area contributed by atoms with E-state index in [-0.39, 0.29) is 16.6 Å². The molecule has 0 saturated carbocycles. The van der Waals surface area contributed by atoms with E-state index in [2.05, 4.69) is 10.3 Å². The number of benzene rings is 1. The summed E-state index contributed by atoms with van der Waals surface area (Å²) >= 11 is 12.0. The first kappa shape index (κ1) is 19.1. The lowest BCUT2D eigenvalue weighted by Crippen LogP contribution is -2.25. The predicted molar refractivity (Wildman–Crippen MR) is 101 cm³/mol. The summed E-state index contributed by atoms with van der Waals surface area (Å²) in [6.45, 7) is 0.0516. The van der Waals surface area contributed by atoms with Gasteiger partial charge in [0.1, 0.15) is 0 Å². The van der Waals surface area contributed by atoms with Crippen LogP contribution in [0, 0.1) is 0 Å². The third kappa shape index (κ3) is 4.56. The van der Waals surface area contributed by atoms with Crippen molar-refractivity contribution in [2.45, 2.75) is 12.8 Å². The molecule has 1 aliphatic rings. The Morgan fingerprint density at radius 2 is 2.07 bits per heavy atom. The summed E-state index contributed by atoms with van der Waals surface area (Å²) in [5.74, 6) is -1.30. The van der Waals surface area contributed by atoms with Crippen LogP contribution in [0.2, 0.25) is 10.2 Å². The third-order valence-corrected chi connectivity index (χ3v) is 4.53. The van der Waals surface area contributed by atoms with E-state index in [9.17, 15) is 14.4 Å². The van der Waals surface area contributed by atoms with Crippen LogP contribution in [0.5, 0.6) is 0 Å². The second-order valence-electron chi connectivity index (χ2n) is 5.78. The monoisotopic (exact) mass is 407 g/mol. The summed E-state index contributed by atoms with van der Waals surface area (Å²) in [4.78, 5) is 41.4. The summed E-state index contributed by atoms with van der Waals surface area (Å²) in [6, 6.07) is 7.68. The molecular formula is C18H15Cl2N3O4. The van der Waals surface area contributed by atoms with Gasteiger partial charge in [-0.1, -0.05) is 23.2 Å². The van der Waals surface area contributed by atoms with Gasteiger partial charge in [0.15, 0.2) is 11.8 Å². The lowest BCUT2D eigenvalue weighted by Gasteiger charge is -2.18. The van der Waals surface area contributed by atoms with Crippen LogP contribution in [-0.4, -0.2) is 35.9 Å². The topological polar surface area (TPSA) is 88.6 Å². The molecule has 1 aromatic heterocycles. The van der Waals surface area contributed by atoms with E-state index in [1.54, 1.807) is 12.1 Å². The van der Waals surface area contributed by atoms with Gasteiger partial charge in [-0.15, -0.1) is 0 Å². The molecule has 2 aromatic rings. The van der Waals surface area contributed by atoms with Crippen LogP contribution >= 0.6 is 23.2 Å².